The predicted molar refractivity (Wildman–Crippen MR) is 83.2 cm³/mol. The summed E-state index contributed by atoms with van der Waals surface area (Å²) < 4.78 is 1.02. The van der Waals surface area contributed by atoms with E-state index in [-0.39, 0.29) is 5.78 Å². The molecule has 1 aliphatic heterocycles. The molecule has 1 aromatic heterocycles. The van der Waals surface area contributed by atoms with Crippen molar-refractivity contribution in [3.63, 3.8) is 0 Å². The van der Waals surface area contributed by atoms with Gasteiger partial charge in [0.25, 0.3) is 0 Å². The van der Waals surface area contributed by atoms with Crippen LogP contribution < -0.4 is 4.90 Å². The molecular weight excluding hydrogens is 322 g/mol. The first-order valence-corrected chi connectivity index (χ1v) is 7.93. The van der Waals surface area contributed by atoms with Crippen LogP contribution in [0.25, 0.3) is 0 Å². The van der Waals surface area contributed by atoms with E-state index >= 15 is 0 Å². The Morgan fingerprint density at radius 2 is 2.21 bits per heavy atom. The number of carbonyl (C=O) groups excluding carboxylic acids is 1. The average Bonchev–Trinajstić information content (AvgIpc) is 2.85. The van der Waals surface area contributed by atoms with E-state index in [1.807, 2.05) is 29.5 Å². The van der Waals surface area contributed by atoms with Gasteiger partial charge in [-0.25, -0.2) is 0 Å². The van der Waals surface area contributed by atoms with Crippen LogP contribution >= 0.6 is 27.3 Å². The fourth-order valence-corrected chi connectivity index (χ4v) is 3.76. The molecule has 0 bridgehead atoms. The molecule has 0 radical (unpaired) electrons. The zero-order valence-electron chi connectivity index (χ0n) is 10.6. The minimum Gasteiger partial charge on any atom is -0.366 e. The summed E-state index contributed by atoms with van der Waals surface area (Å²) in [7, 11) is 0. The molecule has 1 aromatic carbocycles. The highest BCUT2D eigenvalue weighted by Gasteiger charge is 2.20. The van der Waals surface area contributed by atoms with E-state index in [4.69, 9.17) is 0 Å². The third kappa shape index (κ3) is 2.47. The number of hydrogen-bond acceptors (Lipinski definition) is 3. The van der Waals surface area contributed by atoms with Gasteiger partial charge in [-0.1, -0.05) is 15.9 Å². The van der Waals surface area contributed by atoms with Crippen molar-refractivity contribution in [1.82, 2.24) is 0 Å². The smallest absolute Gasteiger partial charge is 0.161 e. The molecule has 2 aromatic rings. The van der Waals surface area contributed by atoms with Crippen LogP contribution in [0.1, 0.15) is 27.7 Å². The Labute approximate surface area is 125 Å². The lowest BCUT2D eigenvalue weighted by Crippen LogP contribution is -2.30. The van der Waals surface area contributed by atoms with Crippen molar-refractivity contribution in [2.75, 3.05) is 11.4 Å². The maximum absolute atomic E-state index is 11.8. The van der Waals surface area contributed by atoms with E-state index in [0.717, 1.165) is 35.2 Å². The molecule has 0 saturated carbocycles. The number of thiophene rings is 1. The van der Waals surface area contributed by atoms with Crippen molar-refractivity contribution < 1.29 is 4.79 Å². The summed E-state index contributed by atoms with van der Waals surface area (Å²) >= 11 is 5.33. The minimum atomic E-state index is 0.124. The molecule has 98 valence electrons. The van der Waals surface area contributed by atoms with Gasteiger partial charge in [-0.2, -0.15) is 0 Å². The number of carbonyl (C=O) groups is 1. The lowest BCUT2D eigenvalue weighted by Gasteiger charge is -2.30. The van der Waals surface area contributed by atoms with Crippen LogP contribution in [-0.2, 0) is 13.0 Å². The molecule has 0 spiro atoms. The second kappa shape index (κ2) is 5.10. The number of anilines is 1. The number of fused-ring (bicyclic) bond motifs is 1. The van der Waals surface area contributed by atoms with Crippen LogP contribution in [-0.4, -0.2) is 12.3 Å². The molecule has 1 aliphatic rings. The molecule has 19 heavy (non-hydrogen) atoms. The third-order valence-electron chi connectivity index (χ3n) is 3.49. The zero-order chi connectivity index (χ0) is 13.4. The summed E-state index contributed by atoms with van der Waals surface area (Å²) in [5, 5.41) is 2.15. The molecule has 3 rings (SSSR count). The number of hydrogen-bond donors (Lipinski definition) is 0. The number of Topliss-reactive ketones (excluding diaryl/α,β-unsaturated/α-hetero) is 1. The molecule has 0 unspecified atom stereocenters. The normalized spacial score (nSPS) is 14.3. The zero-order valence-corrected chi connectivity index (χ0v) is 13.1. The van der Waals surface area contributed by atoms with E-state index in [0.29, 0.717) is 0 Å². The van der Waals surface area contributed by atoms with E-state index in [1.54, 1.807) is 6.92 Å². The van der Waals surface area contributed by atoms with Crippen molar-refractivity contribution in [2.45, 2.75) is 19.9 Å². The third-order valence-corrected chi connectivity index (χ3v) is 5.00. The van der Waals surface area contributed by atoms with Crippen LogP contribution in [0.2, 0.25) is 0 Å². The van der Waals surface area contributed by atoms with E-state index < -0.39 is 0 Å². The fourth-order valence-electron chi connectivity index (χ4n) is 2.52. The standard InChI is InChI=1S/C15H14BrNOS/c1-10(18)13-3-2-12(16)8-14(13)17-6-4-15-11(9-17)5-7-19-15/h2-3,5,7-8H,4,6,9H2,1H3. The highest BCUT2D eigenvalue weighted by Crippen LogP contribution is 2.31. The van der Waals surface area contributed by atoms with Gasteiger partial charge in [0.1, 0.15) is 0 Å². The van der Waals surface area contributed by atoms with Gasteiger partial charge in [-0.15, -0.1) is 11.3 Å². The first-order chi connectivity index (χ1) is 9.15. The van der Waals surface area contributed by atoms with E-state index in [9.17, 15) is 4.79 Å². The largest absolute Gasteiger partial charge is 0.366 e. The average molecular weight is 336 g/mol. The molecule has 0 saturated heterocycles. The lowest BCUT2D eigenvalue weighted by molar-refractivity contribution is 0.101. The van der Waals surface area contributed by atoms with Gasteiger partial charge in [-0.3, -0.25) is 4.79 Å². The monoisotopic (exact) mass is 335 g/mol. The van der Waals surface area contributed by atoms with E-state index in [2.05, 4.69) is 32.3 Å². The Bertz CT molecular complexity index is 635. The van der Waals surface area contributed by atoms with E-state index in [1.165, 1.54) is 10.4 Å². The van der Waals surface area contributed by atoms with Gasteiger partial charge in [0.2, 0.25) is 0 Å². The number of benzene rings is 1. The van der Waals surface area contributed by atoms with Gasteiger partial charge in [-0.05, 0) is 48.6 Å². The van der Waals surface area contributed by atoms with Gasteiger partial charge < -0.3 is 4.90 Å². The van der Waals surface area contributed by atoms with Gasteiger partial charge in [0.15, 0.2) is 5.78 Å². The second-order valence-electron chi connectivity index (χ2n) is 4.76. The summed E-state index contributed by atoms with van der Waals surface area (Å²) in [6.07, 6.45) is 1.07. The molecule has 0 aliphatic carbocycles. The van der Waals surface area contributed by atoms with Crippen molar-refractivity contribution in [1.29, 1.82) is 0 Å². The summed E-state index contributed by atoms with van der Waals surface area (Å²) in [6.45, 7) is 3.51. The summed E-state index contributed by atoms with van der Waals surface area (Å²) in [5.74, 6) is 0.124. The summed E-state index contributed by atoms with van der Waals surface area (Å²) in [4.78, 5) is 15.6. The van der Waals surface area contributed by atoms with Crippen molar-refractivity contribution >= 4 is 38.7 Å². The minimum absolute atomic E-state index is 0.124. The molecule has 2 nitrogen and oxygen atoms in total. The number of rotatable bonds is 2. The Morgan fingerprint density at radius 1 is 1.37 bits per heavy atom. The molecule has 0 N–H and O–H groups in total. The Hall–Kier alpha value is -1.13. The predicted octanol–water partition coefficient (Wildman–Crippen LogP) is 4.28. The van der Waals surface area contributed by atoms with Crippen LogP contribution in [0.5, 0.6) is 0 Å². The van der Waals surface area contributed by atoms with Crippen molar-refractivity contribution in [3.8, 4) is 0 Å². The topological polar surface area (TPSA) is 20.3 Å². The summed E-state index contributed by atoms with van der Waals surface area (Å²) in [5.41, 5.74) is 3.24. The maximum atomic E-state index is 11.8. The molecule has 0 amide bonds. The molecule has 4 heteroatoms. The fraction of sp³-hybridized carbons (Fsp3) is 0.267. The molecular formula is C15H14BrNOS. The van der Waals surface area contributed by atoms with Crippen LogP contribution in [0.15, 0.2) is 34.1 Å². The summed E-state index contributed by atoms with van der Waals surface area (Å²) in [6, 6.07) is 8.08. The molecule has 0 atom stereocenters. The van der Waals surface area contributed by atoms with Crippen LogP contribution in [0.4, 0.5) is 5.69 Å². The second-order valence-corrected chi connectivity index (χ2v) is 6.67. The van der Waals surface area contributed by atoms with Gasteiger partial charge in [0.05, 0.1) is 0 Å². The van der Waals surface area contributed by atoms with Crippen molar-refractivity contribution in [2.24, 2.45) is 0 Å². The number of ketones is 1. The first kappa shape index (κ1) is 12.9. The highest BCUT2D eigenvalue weighted by atomic mass is 79.9. The lowest BCUT2D eigenvalue weighted by atomic mass is 10.0. The Kier molecular flexibility index (Phi) is 3.46. The maximum Gasteiger partial charge on any atom is 0.161 e. The SMILES string of the molecule is CC(=O)c1ccc(Br)cc1N1CCc2sccc2C1. The molecule has 2 heterocycles. The van der Waals surface area contributed by atoms with Gasteiger partial charge in [0, 0.05) is 33.7 Å². The molecule has 0 fully saturated rings. The van der Waals surface area contributed by atoms with Crippen LogP contribution in [0.3, 0.4) is 0 Å². The van der Waals surface area contributed by atoms with Gasteiger partial charge >= 0.3 is 0 Å². The van der Waals surface area contributed by atoms with Crippen molar-refractivity contribution in [3.05, 3.63) is 50.1 Å². The quantitative estimate of drug-likeness (QED) is 0.763. The Morgan fingerprint density at radius 3 is 3.00 bits per heavy atom. The Balaban J connectivity index is 1.99. The number of nitrogens with zero attached hydrogens (tertiary/aromatic N) is 1. The highest BCUT2D eigenvalue weighted by molar-refractivity contribution is 9.10. The number of halogens is 1. The van der Waals surface area contributed by atoms with Crippen LogP contribution in [0, 0.1) is 0 Å². The first-order valence-electron chi connectivity index (χ1n) is 6.26.